The molecule has 0 spiro atoms. The normalized spacial score (nSPS) is 12.7. The van der Waals surface area contributed by atoms with Crippen LogP contribution < -0.4 is 5.32 Å². The standard InChI is InChI=1S/C13H18N4/c1-9-5-6-11(10(2)15-9)13(14-3)12-7-8-17(4)16-12/h5-8,13-14H,1-4H3. The summed E-state index contributed by atoms with van der Waals surface area (Å²) in [6.07, 6.45) is 1.95. The maximum absolute atomic E-state index is 4.50. The fourth-order valence-electron chi connectivity index (χ4n) is 2.05. The Morgan fingerprint density at radius 2 is 2.00 bits per heavy atom. The van der Waals surface area contributed by atoms with Gasteiger partial charge in [0.25, 0.3) is 0 Å². The van der Waals surface area contributed by atoms with E-state index >= 15 is 0 Å². The van der Waals surface area contributed by atoms with Crippen LogP contribution in [0.5, 0.6) is 0 Å². The maximum Gasteiger partial charge on any atom is 0.0839 e. The van der Waals surface area contributed by atoms with Crippen LogP contribution in [0.15, 0.2) is 24.4 Å². The van der Waals surface area contributed by atoms with Gasteiger partial charge < -0.3 is 5.32 Å². The molecule has 2 aromatic rings. The summed E-state index contributed by atoms with van der Waals surface area (Å²) in [5.74, 6) is 0. The summed E-state index contributed by atoms with van der Waals surface area (Å²) >= 11 is 0. The molecular formula is C13H18N4. The van der Waals surface area contributed by atoms with Gasteiger partial charge in [-0.25, -0.2) is 0 Å². The van der Waals surface area contributed by atoms with Gasteiger partial charge in [-0.15, -0.1) is 0 Å². The number of aromatic nitrogens is 3. The van der Waals surface area contributed by atoms with E-state index in [1.807, 2.05) is 51.0 Å². The Balaban J connectivity index is 2.42. The molecule has 0 aromatic carbocycles. The van der Waals surface area contributed by atoms with Crippen molar-refractivity contribution in [2.24, 2.45) is 7.05 Å². The second kappa shape index (κ2) is 4.67. The fourth-order valence-corrected chi connectivity index (χ4v) is 2.05. The first-order chi connectivity index (χ1) is 8.11. The first-order valence-corrected chi connectivity index (χ1v) is 5.72. The Kier molecular flexibility index (Phi) is 3.24. The Morgan fingerprint density at radius 3 is 2.53 bits per heavy atom. The summed E-state index contributed by atoms with van der Waals surface area (Å²) in [5.41, 5.74) is 4.29. The molecule has 0 aliphatic carbocycles. The minimum atomic E-state index is 0.101. The molecule has 0 bridgehead atoms. The summed E-state index contributed by atoms with van der Waals surface area (Å²) in [5, 5.41) is 7.74. The van der Waals surface area contributed by atoms with E-state index in [1.165, 1.54) is 5.56 Å². The number of nitrogens with one attached hydrogen (secondary N) is 1. The first-order valence-electron chi connectivity index (χ1n) is 5.72. The number of pyridine rings is 1. The van der Waals surface area contributed by atoms with Crippen LogP contribution in [0.25, 0.3) is 0 Å². The number of nitrogens with zero attached hydrogens (tertiary/aromatic N) is 3. The Morgan fingerprint density at radius 1 is 1.24 bits per heavy atom. The van der Waals surface area contributed by atoms with Crippen LogP contribution in [0.4, 0.5) is 0 Å². The zero-order valence-electron chi connectivity index (χ0n) is 10.7. The van der Waals surface area contributed by atoms with Crippen molar-refractivity contribution in [3.05, 3.63) is 47.0 Å². The minimum absolute atomic E-state index is 0.101. The quantitative estimate of drug-likeness (QED) is 0.873. The van der Waals surface area contributed by atoms with Gasteiger partial charge >= 0.3 is 0 Å². The van der Waals surface area contributed by atoms with Crippen molar-refractivity contribution >= 4 is 0 Å². The van der Waals surface area contributed by atoms with Gasteiger partial charge in [0.05, 0.1) is 11.7 Å². The molecule has 2 rings (SSSR count). The lowest BCUT2D eigenvalue weighted by molar-refractivity contribution is 0.636. The lowest BCUT2D eigenvalue weighted by Gasteiger charge is -2.16. The summed E-state index contributed by atoms with van der Waals surface area (Å²) in [4.78, 5) is 4.50. The first kappa shape index (κ1) is 11.8. The second-order valence-electron chi connectivity index (χ2n) is 4.26. The van der Waals surface area contributed by atoms with Crippen molar-refractivity contribution in [3.8, 4) is 0 Å². The van der Waals surface area contributed by atoms with E-state index < -0.39 is 0 Å². The molecule has 2 heterocycles. The van der Waals surface area contributed by atoms with Crippen molar-refractivity contribution in [3.63, 3.8) is 0 Å². The molecular weight excluding hydrogens is 212 g/mol. The van der Waals surface area contributed by atoms with Gasteiger partial charge in [0.15, 0.2) is 0 Å². The van der Waals surface area contributed by atoms with Gasteiger partial charge in [-0.2, -0.15) is 5.10 Å². The molecule has 90 valence electrons. The molecule has 0 fully saturated rings. The number of hydrogen-bond acceptors (Lipinski definition) is 3. The summed E-state index contributed by atoms with van der Waals surface area (Å²) in [6.45, 7) is 4.04. The molecule has 0 amide bonds. The molecule has 0 saturated heterocycles. The average molecular weight is 230 g/mol. The number of aryl methyl sites for hydroxylation is 3. The van der Waals surface area contributed by atoms with E-state index in [4.69, 9.17) is 0 Å². The van der Waals surface area contributed by atoms with Gasteiger partial charge in [0, 0.05) is 24.6 Å². The Labute approximate surface area is 102 Å². The zero-order chi connectivity index (χ0) is 12.4. The molecule has 0 radical (unpaired) electrons. The third kappa shape index (κ3) is 2.36. The molecule has 0 aliphatic rings. The van der Waals surface area contributed by atoms with E-state index in [0.717, 1.165) is 17.1 Å². The van der Waals surface area contributed by atoms with E-state index in [2.05, 4.69) is 21.5 Å². The fraction of sp³-hybridized carbons (Fsp3) is 0.385. The largest absolute Gasteiger partial charge is 0.308 e. The van der Waals surface area contributed by atoms with E-state index in [9.17, 15) is 0 Å². The molecule has 2 aromatic heterocycles. The highest BCUT2D eigenvalue weighted by Crippen LogP contribution is 2.22. The predicted molar refractivity (Wildman–Crippen MR) is 67.8 cm³/mol. The highest BCUT2D eigenvalue weighted by atomic mass is 15.3. The molecule has 1 atom stereocenters. The monoisotopic (exact) mass is 230 g/mol. The summed E-state index contributed by atoms with van der Waals surface area (Å²) in [6, 6.07) is 6.29. The van der Waals surface area contributed by atoms with Crippen molar-refractivity contribution in [2.75, 3.05) is 7.05 Å². The van der Waals surface area contributed by atoms with E-state index in [1.54, 1.807) is 0 Å². The summed E-state index contributed by atoms with van der Waals surface area (Å²) < 4.78 is 1.82. The van der Waals surface area contributed by atoms with Crippen LogP contribution in [0, 0.1) is 13.8 Å². The third-order valence-corrected chi connectivity index (χ3v) is 2.90. The second-order valence-corrected chi connectivity index (χ2v) is 4.26. The molecule has 4 heteroatoms. The Hall–Kier alpha value is -1.68. The van der Waals surface area contributed by atoms with Crippen LogP contribution in [0.3, 0.4) is 0 Å². The van der Waals surface area contributed by atoms with Gasteiger partial charge in [-0.05, 0) is 38.6 Å². The molecule has 4 nitrogen and oxygen atoms in total. The number of hydrogen-bond donors (Lipinski definition) is 1. The molecule has 0 aliphatic heterocycles. The number of rotatable bonds is 3. The van der Waals surface area contributed by atoms with Crippen molar-refractivity contribution < 1.29 is 0 Å². The molecule has 1 N–H and O–H groups in total. The smallest absolute Gasteiger partial charge is 0.0839 e. The topological polar surface area (TPSA) is 42.7 Å². The van der Waals surface area contributed by atoms with E-state index in [-0.39, 0.29) is 6.04 Å². The Bertz CT molecular complexity index is 516. The van der Waals surface area contributed by atoms with Crippen LogP contribution in [-0.2, 0) is 7.05 Å². The SMILES string of the molecule is CNC(c1ccn(C)n1)c1ccc(C)nc1C. The maximum atomic E-state index is 4.50. The zero-order valence-corrected chi connectivity index (χ0v) is 10.7. The lowest BCUT2D eigenvalue weighted by atomic mass is 10.0. The highest BCUT2D eigenvalue weighted by molar-refractivity contribution is 5.31. The van der Waals surface area contributed by atoms with Crippen molar-refractivity contribution in [1.82, 2.24) is 20.1 Å². The molecule has 1 unspecified atom stereocenters. The van der Waals surface area contributed by atoms with Gasteiger partial charge in [0.2, 0.25) is 0 Å². The van der Waals surface area contributed by atoms with Crippen LogP contribution in [0.2, 0.25) is 0 Å². The summed E-state index contributed by atoms with van der Waals surface area (Å²) in [7, 11) is 3.87. The van der Waals surface area contributed by atoms with Crippen molar-refractivity contribution in [2.45, 2.75) is 19.9 Å². The van der Waals surface area contributed by atoms with Crippen LogP contribution >= 0.6 is 0 Å². The minimum Gasteiger partial charge on any atom is -0.308 e. The van der Waals surface area contributed by atoms with Gasteiger partial charge in [-0.3, -0.25) is 9.67 Å². The van der Waals surface area contributed by atoms with Crippen LogP contribution in [0.1, 0.15) is 28.7 Å². The van der Waals surface area contributed by atoms with E-state index in [0.29, 0.717) is 0 Å². The van der Waals surface area contributed by atoms with Gasteiger partial charge in [-0.1, -0.05) is 6.07 Å². The average Bonchev–Trinajstić information content (AvgIpc) is 2.69. The van der Waals surface area contributed by atoms with Crippen molar-refractivity contribution in [1.29, 1.82) is 0 Å². The third-order valence-electron chi connectivity index (χ3n) is 2.90. The van der Waals surface area contributed by atoms with Crippen LogP contribution in [-0.4, -0.2) is 21.8 Å². The predicted octanol–water partition coefficient (Wildman–Crippen LogP) is 1.74. The molecule has 17 heavy (non-hydrogen) atoms. The van der Waals surface area contributed by atoms with Gasteiger partial charge in [0.1, 0.15) is 0 Å². The highest BCUT2D eigenvalue weighted by Gasteiger charge is 2.17. The lowest BCUT2D eigenvalue weighted by Crippen LogP contribution is -2.20. The molecule has 0 saturated carbocycles.